The molecule has 0 unspecified atom stereocenters. The Kier molecular flexibility index (Phi) is 4.84. The van der Waals surface area contributed by atoms with Gasteiger partial charge in [-0.2, -0.15) is 0 Å². The molecular formula is C15H18F2N2O. The molecule has 0 bridgehead atoms. The van der Waals surface area contributed by atoms with Crippen LogP contribution in [0.3, 0.4) is 0 Å². The van der Waals surface area contributed by atoms with E-state index in [9.17, 15) is 8.78 Å². The number of halogens is 2. The highest BCUT2D eigenvalue weighted by atomic mass is 19.1. The lowest BCUT2D eigenvalue weighted by atomic mass is 10.1. The van der Waals surface area contributed by atoms with Gasteiger partial charge in [0.25, 0.3) is 0 Å². The molecule has 0 fully saturated rings. The first-order valence-electron chi connectivity index (χ1n) is 6.73. The molecule has 2 rings (SSSR count). The Bertz CT molecular complexity index is 581. The molecule has 0 saturated carbocycles. The van der Waals surface area contributed by atoms with Crippen LogP contribution in [0.2, 0.25) is 0 Å². The van der Waals surface area contributed by atoms with Crippen molar-refractivity contribution in [3.8, 4) is 11.3 Å². The van der Waals surface area contributed by atoms with Crippen molar-refractivity contribution in [3.05, 3.63) is 41.4 Å². The van der Waals surface area contributed by atoms with Crippen LogP contribution in [0.5, 0.6) is 0 Å². The van der Waals surface area contributed by atoms with E-state index in [1.807, 2.05) is 0 Å². The summed E-state index contributed by atoms with van der Waals surface area (Å²) in [6.45, 7) is 5.39. The number of hydrogen-bond donors (Lipinski definition) is 1. The fourth-order valence-corrected chi connectivity index (χ4v) is 1.89. The van der Waals surface area contributed by atoms with E-state index in [1.165, 1.54) is 12.3 Å². The van der Waals surface area contributed by atoms with Gasteiger partial charge in [0.15, 0.2) is 11.7 Å². The summed E-state index contributed by atoms with van der Waals surface area (Å²) in [5.41, 5.74) is 0.619. The number of nitrogens with one attached hydrogen (secondary N) is 1. The van der Waals surface area contributed by atoms with Crippen LogP contribution in [0.15, 0.2) is 22.7 Å². The summed E-state index contributed by atoms with van der Waals surface area (Å²) < 4.78 is 32.5. The van der Waals surface area contributed by atoms with Gasteiger partial charge in [0, 0.05) is 19.0 Å². The first-order valence-corrected chi connectivity index (χ1v) is 6.73. The van der Waals surface area contributed by atoms with Gasteiger partial charge in [0.1, 0.15) is 11.6 Å². The number of nitrogens with zero attached hydrogens (tertiary/aromatic N) is 1. The second-order valence-corrected chi connectivity index (χ2v) is 4.70. The van der Waals surface area contributed by atoms with Gasteiger partial charge in [-0.05, 0) is 31.5 Å². The van der Waals surface area contributed by atoms with Crippen molar-refractivity contribution in [2.24, 2.45) is 0 Å². The Labute approximate surface area is 117 Å². The predicted molar refractivity (Wildman–Crippen MR) is 73.5 cm³/mol. The van der Waals surface area contributed by atoms with Crippen LogP contribution in [0.1, 0.15) is 24.8 Å². The van der Waals surface area contributed by atoms with Gasteiger partial charge in [-0.1, -0.05) is 6.92 Å². The van der Waals surface area contributed by atoms with Crippen molar-refractivity contribution in [3.63, 3.8) is 0 Å². The fraction of sp³-hybridized carbons (Fsp3) is 0.400. The summed E-state index contributed by atoms with van der Waals surface area (Å²) in [7, 11) is 0. The second-order valence-electron chi connectivity index (χ2n) is 4.70. The van der Waals surface area contributed by atoms with Crippen LogP contribution in [0.25, 0.3) is 11.3 Å². The Balaban J connectivity index is 2.10. The number of rotatable bonds is 6. The van der Waals surface area contributed by atoms with Gasteiger partial charge in [0.2, 0.25) is 0 Å². The molecule has 1 aromatic heterocycles. The van der Waals surface area contributed by atoms with E-state index in [4.69, 9.17) is 4.42 Å². The number of hydrogen-bond acceptors (Lipinski definition) is 3. The molecule has 108 valence electrons. The molecule has 3 nitrogen and oxygen atoms in total. The first kappa shape index (κ1) is 14.7. The standard InChI is InChI=1S/C15H18F2N2O/c1-3-5-18-6-4-15-19-9-14(20-15)11-7-10(2)12(16)8-13(11)17/h7-9,18H,3-6H2,1-2H3. The van der Waals surface area contributed by atoms with Crippen molar-refractivity contribution >= 4 is 0 Å². The summed E-state index contributed by atoms with van der Waals surface area (Å²) in [5, 5.41) is 3.24. The van der Waals surface area contributed by atoms with Gasteiger partial charge in [-0.3, -0.25) is 0 Å². The van der Waals surface area contributed by atoms with Gasteiger partial charge in [-0.15, -0.1) is 0 Å². The maximum atomic E-state index is 13.7. The van der Waals surface area contributed by atoms with Crippen molar-refractivity contribution in [2.75, 3.05) is 13.1 Å². The highest BCUT2D eigenvalue weighted by Crippen LogP contribution is 2.26. The molecule has 1 heterocycles. The van der Waals surface area contributed by atoms with Crippen LogP contribution < -0.4 is 5.32 Å². The number of oxazole rings is 1. The lowest BCUT2D eigenvalue weighted by molar-refractivity contribution is 0.491. The van der Waals surface area contributed by atoms with Gasteiger partial charge in [0.05, 0.1) is 11.8 Å². The van der Waals surface area contributed by atoms with Crippen molar-refractivity contribution in [2.45, 2.75) is 26.7 Å². The average Bonchev–Trinajstić information content (AvgIpc) is 2.87. The minimum atomic E-state index is -0.639. The second kappa shape index (κ2) is 6.61. The summed E-state index contributed by atoms with van der Waals surface area (Å²) in [6.07, 6.45) is 3.18. The molecule has 5 heteroatoms. The van der Waals surface area contributed by atoms with E-state index >= 15 is 0 Å². The molecule has 1 N–H and O–H groups in total. The van der Waals surface area contributed by atoms with Gasteiger partial charge >= 0.3 is 0 Å². The molecule has 0 amide bonds. The molecule has 0 radical (unpaired) electrons. The van der Waals surface area contributed by atoms with Gasteiger partial charge in [-0.25, -0.2) is 13.8 Å². The number of aryl methyl sites for hydroxylation is 1. The molecule has 1 aromatic carbocycles. The van der Waals surface area contributed by atoms with Crippen LogP contribution in [0, 0.1) is 18.6 Å². The van der Waals surface area contributed by atoms with Crippen molar-refractivity contribution in [1.82, 2.24) is 10.3 Å². The minimum absolute atomic E-state index is 0.240. The third kappa shape index (κ3) is 3.42. The number of aromatic nitrogens is 1. The Morgan fingerprint density at radius 3 is 2.75 bits per heavy atom. The van der Waals surface area contributed by atoms with Crippen LogP contribution >= 0.6 is 0 Å². The molecule has 0 aliphatic rings. The third-order valence-corrected chi connectivity index (χ3v) is 3.01. The summed E-state index contributed by atoms with van der Waals surface area (Å²) >= 11 is 0. The summed E-state index contributed by atoms with van der Waals surface area (Å²) in [6, 6.07) is 2.31. The Morgan fingerprint density at radius 1 is 1.20 bits per heavy atom. The van der Waals surface area contributed by atoms with E-state index in [0.717, 1.165) is 25.6 Å². The molecule has 20 heavy (non-hydrogen) atoms. The molecule has 0 saturated heterocycles. The molecule has 2 aromatic rings. The summed E-state index contributed by atoms with van der Waals surface area (Å²) in [5.74, 6) is -0.323. The highest BCUT2D eigenvalue weighted by Gasteiger charge is 2.13. The lowest BCUT2D eigenvalue weighted by Gasteiger charge is -2.02. The minimum Gasteiger partial charge on any atom is -0.441 e. The SMILES string of the molecule is CCCNCCc1ncc(-c2cc(C)c(F)cc2F)o1. The average molecular weight is 280 g/mol. The predicted octanol–water partition coefficient (Wildman–Crippen LogP) is 3.47. The molecule has 0 aliphatic heterocycles. The van der Waals surface area contributed by atoms with Crippen LogP contribution in [-0.2, 0) is 6.42 Å². The molecular weight excluding hydrogens is 262 g/mol. The Hall–Kier alpha value is -1.75. The maximum absolute atomic E-state index is 13.7. The normalized spacial score (nSPS) is 11.0. The topological polar surface area (TPSA) is 38.1 Å². The van der Waals surface area contributed by atoms with E-state index in [2.05, 4.69) is 17.2 Å². The van der Waals surface area contributed by atoms with E-state index in [-0.39, 0.29) is 5.56 Å². The smallest absolute Gasteiger partial charge is 0.196 e. The van der Waals surface area contributed by atoms with Crippen molar-refractivity contribution < 1.29 is 13.2 Å². The van der Waals surface area contributed by atoms with E-state index in [1.54, 1.807) is 6.92 Å². The largest absolute Gasteiger partial charge is 0.441 e. The molecule has 0 atom stereocenters. The highest BCUT2D eigenvalue weighted by molar-refractivity contribution is 5.58. The fourth-order valence-electron chi connectivity index (χ4n) is 1.89. The molecule has 0 spiro atoms. The third-order valence-electron chi connectivity index (χ3n) is 3.01. The first-order chi connectivity index (χ1) is 9.61. The maximum Gasteiger partial charge on any atom is 0.196 e. The Morgan fingerprint density at radius 2 is 2.00 bits per heavy atom. The lowest BCUT2D eigenvalue weighted by Crippen LogP contribution is -2.17. The quantitative estimate of drug-likeness (QED) is 0.823. The number of benzene rings is 1. The van der Waals surface area contributed by atoms with Crippen LogP contribution in [-0.4, -0.2) is 18.1 Å². The monoisotopic (exact) mass is 280 g/mol. The van der Waals surface area contributed by atoms with Crippen molar-refractivity contribution in [1.29, 1.82) is 0 Å². The zero-order valence-electron chi connectivity index (χ0n) is 11.7. The van der Waals surface area contributed by atoms with E-state index in [0.29, 0.717) is 23.6 Å². The van der Waals surface area contributed by atoms with E-state index < -0.39 is 11.6 Å². The van der Waals surface area contributed by atoms with Crippen LogP contribution in [0.4, 0.5) is 8.78 Å². The zero-order valence-corrected chi connectivity index (χ0v) is 11.7. The molecule has 0 aliphatic carbocycles. The summed E-state index contributed by atoms with van der Waals surface area (Å²) in [4.78, 5) is 4.12. The zero-order chi connectivity index (χ0) is 14.5. The van der Waals surface area contributed by atoms with Gasteiger partial charge < -0.3 is 9.73 Å².